The summed E-state index contributed by atoms with van der Waals surface area (Å²) in [6, 6.07) is 12.8. The molecule has 1 saturated heterocycles. The van der Waals surface area contributed by atoms with Crippen LogP contribution in [0.2, 0.25) is 0 Å². The molecule has 144 valence electrons. The highest BCUT2D eigenvalue weighted by molar-refractivity contribution is 7.91. The number of nitrogens with one attached hydrogen (secondary N) is 2. The molecule has 5 nitrogen and oxygen atoms in total. The van der Waals surface area contributed by atoms with Gasteiger partial charge in [-0.15, -0.1) is 12.4 Å². The van der Waals surface area contributed by atoms with Crippen molar-refractivity contribution >= 4 is 28.2 Å². The fourth-order valence-electron chi connectivity index (χ4n) is 3.92. The first kappa shape index (κ1) is 19.9. The molecule has 2 heterocycles. The first-order valence-electron chi connectivity index (χ1n) is 8.95. The van der Waals surface area contributed by atoms with Crippen molar-refractivity contribution in [3.05, 3.63) is 53.6 Å². The number of carbonyl (C=O) groups excluding carboxylic acids is 1. The van der Waals surface area contributed by atoms with E-state index in [2.05, 4.69) is 10.6 Å². The van der Waals surface area contributed by atoms with Gasteiger partial charge >= 0.3 is 0 Å². The summed E-state index contributed by atoms with van der Waals surface area (Å²) >= 11 is 0. The smallest absolute Gasteiger partial charge is 0.251 e. The molecule has 4 rings (SSSR count). The Labute approximate surface area is 165 Å². The van der Waals surface area contributed by atoms with E-state index >= 15 is 0 Å². The van der Waals surface area contributed by atoms with Gasteiger partial charge in [0.2, 0.25) is 0 Å². The number of benzene rings is 2. The Bertz CT molecular complexity index is 975. The standard InChI is InChI=1S/C20H22N2O3S.ClH/c1-2-26(24,25)16-5-3-4-13(8-16)14-6-7-17-18(9-14)20(23)22-11-15-10-21-12-19(15)17;/h3-9,15,19,21H,2,10-12H2,1H3,(H,22,23);1H/t15-,19+;/m0./s1. The molecule has 0 aromatic heterocycles. The van der Waals surface area contributed by atoms with Crippen LogP contribution in [0.4, 0.5) is 0 Å². The molecule has 1 fully saturated rings. The van der Waals surface area contributed by atoms with E-state index < -0.39 is 9.84 Å². The van der Waals surface area contributed by atoms with Gasteiger partial charge in [0, 0.05) is 31.1 Å². The summed E-state index contributed by atoms with van der Waals surface area (Å²) in [5, 5.41) is 6.43. The van der Waals surface area contributed by atoms with E-state index in [4.69, 9.17) is 0 Å². The molecule has 0 bridgehead atoms. The summed E-state index contributed by atoms with van der Waals surface area (Å²) in [5.41, 5.74) is 3.44. The first-order chi connectivity index (χ1) is 12.5. The van der Waals surface area contributed by atoms with Crippen molar-refractivity contribution in [1.29, 1.82) is 0 Å². The molecule has 2 aliphatic heterocycles. The van der Waals surface area contributed by atoms with Crippen molar-refractivity contribution < 1.29 is 13.2 Å². The second-order valence-corrected chi connectivity index (χ2v) is 9.25. The molecular formula is C20H23ClN2O3S. The molecule has 0 saturated carbocycles. The second-order valence-electron chi connectivity index (χ2n) is 6.97. The number of hydrogen-bond acceptors (Lipinski definition) is 4. The van der Waals surface area contributed by atoms with Crippen molar-refractivity contribution in [2.75, 3.05) is 25.4 Å². The van der Waals surface area contributed by atoms with Crippen LogP contribution >= 0.6 is 12.4 Å². The Balaban J connectivity index is 0.00000210. The molecule has 2 aromatic carbocycles. The Morgan fingerprint density at radius 2 is 1.81 bits per heavy atom. The Hall–Kier alpha value is -1.89. The van der Waals surface area contributed by atoms with Gasteiger partial charge in [-0.3, -0.25) is 4.79 Å². The van der Waals surface area contributed by atoms with Crippen LogP contribution in [-0.2, 0) is 9.84 Å². The summed E-state index contributed by atoms with van der Waals surface area (Å²) < 4.78 is 24.3. The van der Waals surface area contributed by atoms with Crippen LogP contribution in [0.1, 0.15) is 28.8 Å². The Kier molecular flexibility index (Phi) is 5.60. The highest BCUT2D eigenvalue weighted by Gasteiger charge is 2.34. The average Bonchev–Trinajstić information content (AvgIpc) is 3.09. The van der Waals surface area contributed by atoms with Gasteiger partial charge in [-0.1, -0.05) is 31.2 Å². The van der Waals surface area contributed by atoms with E-state index in [1.54, 1.807) is 25.1 Å². The van der Waals surface area contributed by atoms with Gasteiger partial charge in [0.25, 0.3) is 5.91 Å². The maximum Gasteiger partial charge on any atom is 0.251 e. The van der Waals surface area contributed by atoms with Gasteiger partial charge in [0.15, 0.2) is 9.84 Å². The maximum atomic E-state index is 12.6. The monoisotopic (exact) mass is 406 g/mol. The molecule has 27 heavy (non-hydrogen) atoms. The Morgan fingerprint density at radius 1 is 1.04 bits per heavy atom. The van der Waals surface area contributed by atoms with Crippen molar-refractivity contribution in [2.24, 2.45) is 5.92 Å². The van der Waals surface area contributed by atoms with Gasteiger partial charge in [0.1, 0.15) is 0 Å². The largest absolute Gasteiger partial charge is 0.352 e. The normalized spacial score (nSPS) is 21.4. The minimum atomic E-state index is -3.26. The minimum absolute atomic E-state index is 0. The average molecular weight is 407 g/mol. The third-order valence-corrected chi connectivity index (χ3v) is 7.20. The summed E-state index contributed by atoms with van der Waals surface area (Å²) in [5.74, 6) is 0.779. The molecule has 2 aromatic rings. The van der Waals surface area contributed by atoms with Gasteiger partial charge in [0.05, 0.1) is 10.6 Å². The van der Waals surface area contributed by atoms with Crippen molar-refractivity contribution in [2.45, 2.75) is 17.7 Å². The zero-order valence-corrected chi connectivity index (χ0v) is 16.7. The number of amides is 1. The fraction of sp³-hybridized carbons (Fsp3) is 0.350. The van der Waals surface area contributed by atoms with Gasteiger partial charge in [-0.05, 0) is 40.8 Å². The molecule has 7 heteroatoms. The number of fused-ring (bicyclic) bond motifs is 3. The molecule has 1 amide bonds. The SMILES string of the molecule is CCS(=O)(=O)c1cccc(-c2ccc3c(c2)C(=O)NC[C@@H]2CNC[C@@H]32)c1.Cl. The maximum absolute atomic E-state index is 12.6. The van der Waals surface area contributed by atoms with E-state index in [-0.39, 0.29) is 24.1 Å². The lowest BCUT2D eigenvalue weighted by Crippen LogP contribution is -2.28. The molecule has 2 atom stereocenters. The number of sulfone groups is 1. The minimum Gasteiger partial charge on any atom is -0.352 e. The lowest BCUT2D eigenvalue weighted by atomic mass is 9.86. The van der Waals surface area contributed by atoms with Crippen molar-refractivity contribution in [3.8, 4) is 11.1 Å². The Morgan fingerprint density at radius 3 is 2.59 bits per heavy atom. The van der Waals surface area contributed by atoms with Crippen LogP contribution in [0, 0.1) is 5.92 Å². The third kappa shape index (κ3) is 3.61. The van der Waals surface area contributed by atoms with Crippen molar-refractivity contribution in [1.82, 2.24) is 10.6 Å². The van der Waals surface area contributed by atoms with Crippen LogP contribution in [0.25, 0.3) is 11.1 Å². The quantitative estimate of drug-likeness (QED) is 0.821. The molecule has 2 N–H and O–H groups in total. The lowest BCUT2D eigenvalue weighted by Gasteiger charge is -2.17. The topological polar surface area (TPSA) is 75.3 Å². The van der Waals surface area contributed by atoms with Crippen molar-refractivity contribution in [3.63, 3.8) is 0 Å². The predicted molar refractivity (Wildman–Crippen MR) is 108 cm³/mol. The van der Waals surface area contributed by atoms with E-state index in [9.17, 15) is 13.2 Å². The van der Waals surface area contributed by atoms with E-state index in [0.29, 0.717) is 28.8 Å². The van der Waals surface area contributed by atoms with Crippen LogP contribution in [-0.4, -0.2) is 39.7 Å². The molecule has 0 spiro atoms. The zero-order valence-electron chi connectivity index (χ0n) is 15.1. The summed E-state index contributed by atoms with van der Waals surface area (Å²) in [4.78, 5) is 12.9. The van der Waals surface area contributed by atoms with E-state index in [0.717, 1.165) is 29.8 Å². The number of carbonyl (C=O) groups is 1. The van der Waals surface area contributed by atoms with Gasteiger partial charge in [-0.25, -0.2) is 8.42 Å². The van der Waals surface area contributed by atoms with Gasteiger partial charge < -0.3 is 10.6 Å². The third-order valence-electron chi connectivity index (χ3n) is 5.47. The highest BCUT2D eigenvalue weighted by atomic mass is 35.5. The van der Waals surface area contributed by atoms with E-state index in [1.165, 1.54) is 0 Å². The van der Waals surface area contributed by atoms with Crippen LogP contribution < -0.4 is 10.6 Å². The summed E-state index contributed by atoms with van der Waals surface area (Å²) in [6.07, 6.45) is 0. The lowest BCUT2D eigenvalue weighted by molar-refractivity contribution is 0.0952. The second kappa shape index (κ2) is 7.62. The van der Waals surface area contributed by atoms with Crippen LogP contribution in [0.5, 0.6) is 0 Å². The summed E-state index contributed by atoms with van der Waals surface area (Å²) in [7, 11) is -3.26. The molecular weight excluding hydrogens is 384 g/mol. The molecule has 0 radical (unpaired) electrons. The summed E-state index contributed by atoms with van der Waals surface area (Å²) in [6.45, 7) is 4.13. The molecule has 0 aliphatic carbocycles. The fourth-order valence-corrected chi connectivity index (χ4v) is 4.85. The highest BCUT2D eigenvalue weighted by Crippen LogP contribution is 2.35. The number of hydrogen-bond donors (Lipinski definition) is 2. The predicted octanol–water partition coefficient (Wildman–Crippen LogP) is 2.62. The first-order valence-corrected chi connectivity index (χ1v) is 10.6. The van der Waals surface area contributed by atoms with E-state index in [1.807, 2.05) is 24.3 Å². The number of halogens is 1. The van der Waals surface area contributed by atoms with Crippen LogP contribution in [0.15, 0.2) is 47.4 Å². The van der Waals surface area contributed by atoms with Crippen LogP contribution in [0.3, 0.4) is 0 Å². The number of rotatable bonds is 3. The van der Waals surface area contributed by atoms with Gasteiger partial charge in [-0.2, -0.15) is 0 Å². The molecule has 2 aliphatic rings. The molecule has 0 unspecified atom stereocenters. The zero-order chi connectivity index (χ0) is 18.3.